The van der Waals surface area contributed by atoms with Gasteiger partial charge in [-0.15, -0.1) is 0 Å². The Morgan fingerprint density at radius 3 is 2.42 bits per heavy atom. The smallest absolute Gasteiger partial charge is 0.331 e. The van der Waals surface area contributed by atoms with E-state index in [0.29, 0.717) is 6.42 Å². The molecule has 0 spiro atoms. The van der Waals surface area contributed by atoms with Crippen LogP contribution in [0.4, 0.5) is 0 Å². The van der Waals surface area contributed by atoms with Crippen molar-refractivity contribution in [1.29, 1.82) is 5.26 Å². The average Bonchev–Trinajstić information content (AvgIpc) is 2.57. The molecule has 0 N–H and O–H groups in total. The third-order valence-corrected chi connectivity index (χ3v) is 4.24. The van der Waals surface area contributed by atoms with Crippen LogP contribution in [0.2, 0.25) is 0 Å². The van der Waals surface area contributed by atoms with Crippen molar-refractivity contribution in [3.8, 4) is 11.8 Å². The van der Waals surface area contributed by atoms with E-state index in [1.165, 1.54) is 0 Å². The van der Waals surface area contributed by atoms with Gasteiger partial charge in [0.15, 0.2) is 5.78 Å². The minimum absolute atomic E-state index is 0.0425. The SMILES string of the molecule is CCC(=O)C(C#N)C(=O)OCCCc1cc(C)c(OC)c(C(C)(C)C)c1. The van der Waals surface area contributed by atoms with Crippen LogP contribution in [0.3, 0.4) is 0 Å². The number of nitriles is 1. The summed E-state index contributed by atoms with van der Waals surface area (Å²) in [7, 11) is 1.68. The van der Waals surface area contributed by atoms with E-state index in [4.69, 9.17) is 14.7 Å². The maximum atomic E-state index is 11.8. The Balaban J connectivity index is 2.72. The van der Waals surface area contributed by atoms with Crippen molar-refractivity contribution in [2.45, 2.75) is 59.3 Å². The summed E-state index contributed by atoms with van der Waals surface area (Å²) < 4.78 is 10.7. The van der Waals surface area contributed by atoms with Gasteiger partial charge >= 0.3 is 5.97 Å². The fraction of sp³-hybridized carbons (Fsp3) is 0.571. The number of esters is 1. The zero-order chi connectivity index (χ0) is 19.9. The van der Waals surface area contributed by atoms with Crippen LogP contribution in [0.5, 0.6) is 5.75 Å². The number of carbonyl (C=O) groups is 2. The number of benzene rings is 1. The lowest BCUT2D eigenvalue weighted by atomic mass is 9.83. The third kappa shape index (κ3) is 5.59. The summed E-state index contributed by atoms with van der Waals surface area (Å²) >= 11 is 0. The number of hydrogen-bond donors (Lipinski definition) is 0. The number of Topliss-reactive ketones (excluding diaryl/α,β-unsaturated/α-hetero) is 1. The molecule has 0 radical (unpaired) electrons. The molecule has 1 atom stereocenters. The second-order valence-corrected chi connectivity index (χ2v) is 7.40. The molecule has 1 aromatic carbocycles. The van der Waals surface area contributed by atoms with Crippen LogP contribution in [0.25, 0.3) is 0 Å². The first-order valence-corrected chi connectivity index (χ1v) is 8.92. The molecule has 1 aromatic rings. The second kappa shape index (κ2) is 9.38. The van der Waals surface area contributed by atoms with E-state index >= 15 is 0 Å². The van der Waals surface area contributed by atoms with E-state index in [0.717, 1.165) is 28.9 Å². The Morgan fingerprint density at radius 2 is 1.92 bits per heavy atom. The first-order chi connectivity index (χ1) is 12.1. The van der Waals surface area contributed by atoms with E-state index in [-0.39, 0.29) is 18.4 Å². The van der Waals surface area contributed by atoms with Gasteiger partial charge in [0, 0.05) is 12.0 Å². The minimum atomic E-state index is -1.31. The van der Waals surface area contributed by atoms with Crippen molar-refractivity contribution >= 4 is 11.8 Å². The van der Waals surface area contributed by atoms with Gasteiger partial charge in [-0.3, -0.25) is 9.59 Å². The molecule has 26 heavy (non-hydrogen) atoms. The lowest BCUT2D eigenvalue weighted by molar-refractivity contribution is -0.149. The van der Waals surface area contributed by atoms with Crippen LogP contribution < -0.4 is 4.74 Å². The molecule has 5 heteroatoms. The zero-order valence-electron chi connectivity index (χ0n) is 16.6. The number of rotatable bonds is 8. The van der Waals surface area contributed by atoms with Crippen molar-refractivity contribution in [2.24, 2.45) is 5.92 Å². The maximum Gasteiger partial charge on any atom is 0.331 e. The van der Waals surface area contributed by atoms with Gasteiger partial charge in [-0.05, 0) is 36.3 Å². The third-order valence-electron chi connectivity index (χ3n) is 4.24. The summed E-state index contributed by atoms with van der Waals surface area (Å²) in [6.07, 6.45) is 1.51. The fourth-order valence-electron chi connectivity index (χ4n) is 2.81. The number of ether oxygens (including phenoxy) is 2. The molecular formula is C21H29NO4. The molecule has 0 aromatic heterocycles. The standard InChI is InChI=1S/C21H29NO4/c1-7-18(23)16(13-22)20(24)26-10-8-9-15-11-14(2)19(25-6)17(12-15)21(3,4)5/h11-12,16H,7-10H2,1-6H3. The van der Waals surface area contributed by atoms with Crippen LogP contribution in [-0.2, 0) is 26.2 Å². The van der Waals surface area contributed by atoms with E-state index < -0.39 is 17.7 Å². The molecule has 1 unspecified atom stereocenters. The highest BCUT2D eigenvalue weighted by Crippen LogP contribution is 2.35. The number of carbonyl (C=O) groups excluding carboxylic acids is 2. The average molecular weight is 359 g/mol. The summed E-state index contributed by atoms with van der Waals surface area (Å²) in [5.74, 6) is -1.56. The van der Waals surface area contributed by atoms with Gasteiger partial charge in [-0.2, -0.15) is 5.26 Å². The molecule has 0 heterocycles. The minimum Gasteiger partial charge on any atom is -0.496 e. The van der Waals surface area contributed by atoms with Crippen molar-refractivity contribution in [3.63, 3.8) is 0 Å². The van der Waals surface area contributed by atoms with Gasteiger partial charge < -0.3 is 9.47 Å². The van der Waals surface area contributed by atoms with E-state index in [1.54, 1.807) is 20.1 Å². The molecule has 1 rings (SSSR count). The number of nitrogens with zero attached hydrogens (tertiary/aromatic N) is 1. The van der Waals surface area contributed by atoms with Gasteiger partial charge in [-0.1, -0.05) is 39.8 Å². The van der Waals surface area contributed by atoms with Crippen molar-refractivity contribution in [2.75, 3.05) is 13.7 Å². The molecule has 142 valence electrons. The maximum absolute atomic E-state index is 11.8. The summed E-state index contributed by atoms with van der Waals surface area (Å²) in [5.41, 5.74) is 3.32. The van der Waals surface area contributed by atoms with Crippen LogP contribution >= 0.6 is 0 Å². The lowest BCUT2D eigenvalue weighted by Crippen LogP contribution is -2.24. The summed E-state index contributed by atoms with van der Waals surface area (Å²) in [5, 5.41) is 8.94. The van der Waals surface area contributed by atoms with Gasteiger partial charge in [0.2, 0.25) is 5.92 Å². The van der Waals surface area contributed by atoms with Crippen LogP contribution in [0, 0.1) is 24.2 Å². The highest BCUT2D eigenvalue weighted by molar-refractivity contribution is 6.01. The van der Waals surface area contributed by atoms with Crippen molar-refractivity contribution < 1.29 is 19.1 Å². The predicted octanol–water partition coefficient (Wildman–Crippen LogP) is 3.90. The normalized spacial score (nSPS) is 12.2. The molecule has 0 fully saturated rings. The first-order valence-electron chi connectivity index (χ1n) is 8.92. The van der Waals surface area contributed by atoms with Crippen molar-refractivity contribution in [3.05, 3.63) is 28.8 Å². The molecule has 0 bridgehead atoms. The van der Waals surface area contributed by atoms with Gasteiger partial charge in [0.05, 0.1) is 19.8 Å². The highest BCUT2D eigenvalue weighted by Gasteiger charge is 2.26. The predicted molar refractivity (Wildman–Crippen MR) is 100 cm³/mol. The topological polar surface area (TPSA) is 76.4 Å². The Hall–Kier alpha value is -2.35. The summed E-state index contributed by atoms with van der Waals surface area (Å²) in [6, 6.07) is 5.93. The monoisotopic (exact) mass is 359 g/mol. The Labute approximate surface area is 156 Å². The largest absolute Gasteiger partial charge is 0.496 e. The quantitative estimate of drug-likeness (QED) is 0.400. The van der Waals surface area contributed by atoms with E-state index in [9.17, 15) is 9.59 Å². The number of ketones is 1. The van der Waals surface area contributed by atoms with E-state index in [1.807, 2.05) is 6.92 Å². The molecule has 0 aliphatic rings. The Morgan fingerprint density at radius 1 is 1.27 bits per heavy atom. The number of methoxy groups -OCH3 is 1. The molecule has 0 amide bonds. The first kappa shape index (κ1) is 21.7. The van der Waals surface area contributed by atoms with Crippen LogP contribution in [0.1, 0.15) is 57.2 Å². The fourth-order valence-corrected chi connectivity index (χ4v) is 2.81. The van der Waals surface area contributed by atoms with E-state index in [2.05, 4.69) is 32.9 Å². The molecular weight excluding hydrogens is 330 g/mol. The van der Waals surface area contributed by atoms with Gasteiger partial charge in [0.1, 0.15) is 5.75 Å². The molecule has 0 aliphatic heterocycles. The lowest BCUT2D eigenvalue weighted by Gasteiger charge is -2.24. The molecule has 0 saturated carbocycles. The second-order valence-electron chi connectivity index (χ2n) is 7.40. The zero-order valence-corrected chi connectivity index (χ0v) is 16.6. The van der Waals surface area contributed by atoms with Crippen LogP contribution in [0.15, 0.2) is 12.1 Å². The summed E-state index contributed by atoms with van der Waals surface area (Å²) in [4.78, 5) is 23.4. The van der Waals surface area contributed by atoms with Crippen LogP contribution in [-0.4, -0.2) is 25.5 Å². The van der Waals surface area contributed by atoms with Gasteiger partial charge in [0.25, 0.3) is 0 Å². The molecule has 0 saturated heterocycles. The Kier molecular flexibility index (Phi) is 7.82. The summed E-state index contributed by atoms with van der Waals surface area (Å²) in [6.45, 7) is 10.3. The molecule has 5 nitrogen and oxygen atoms in total. The Bertz CT molecular complexity index is 695. The van der Waals surface area contributed by atoms with Gasteiger partial charge in [-0.25, -0.2) is 0 Å². The number of hydrogen-bond acceptors (Lipinski definition) is 5. The highest BCUT2D eigenvalue weighted by atomic mass is 16.5. The molecule has 0 aliphatic carbocycles. The van der Waals surface area contributed by atoms with Crippen molar-refractivity contribution in [1.82, 2.24) is 0 Å². The number of aryl methyl sites for hydroxylation is 2.